The lowest BCUT2D eigenvalue weighted by Gasteiger charge is -2.47. The van der Waals surface area contributed by atoms with Crippen molar-refractivity contribution < 1.29 is 14.3 Å². The van der Waals surface area contributed by atoms with Crippen LogP contribution in [0.4, 0.5) is 0 Å². The molecular formula is C13H18N4O3. The van der Waals surface area contributed by atoms with Gasteiger partial charge in [0.25, 0.3) is 0 Å². The van der Waals surface area contributed by atoms with Gasteiger partial charge in [0, 0.05) is 31.3 Å². The third kappa shape index (κ3) is 2.40. The first-order valence-electron chi connectivity index (χ1n) is 6.80. The predicted octanol–water partition coefficient (Wildman–Crippen LogP) is -0.640. The predicted molar refractivity (Wildman–Crippen MR) is 69.7 cm³/mol. The minimum absolute atomic E-state index is 0.0383. The minimum atomic E-state index is -0.120. The van der Waals surface area contributed by atoms with Crippen LogP contribution in [0.1, 0.15) is 19.0 Å². The van der Waals surface area contributed by atoms with E-state index in [-0.39, 0.29) is 36.4 Å². The van der Waals surface area contributed by atoms with Gasteiger partial charge in [-0.3, -0.25) is 9.59 Å². The number of carbonyl (C=O) groups is 2. The van der Waals surface area contributed by atoms with Crippen molar-refractivity contribution in [3.8, 4) is 0 Å². The van der Waals surface area contributed by atoms with Crippen molar-refractivity contribution in [2.24, 2.45) is 5.92 Å². The molecule has 0 unspecified atom stereocenters. The SMILES string of the molecule is CC(=O)N[C@@H]1[C@@H](NC(=O)Cc2cnc[nH]2)[C@H]2CCO[C@H]21. The van der Waals surface area contributed by atoms with Crippen molar-refractivity contribution >= 4 is 11.8 Å². The number of hydrogen-bond donors (Lipinski definition) is 3. The van der Waals surface area contributed by atoms with Gasteiger partial charge in [0.05, 0.1) is 30.9 Å². The number of fused-ring (bicyclic) bond motifs is 1. The fraction of sp³-hybridized carbons (Fsp3) is 0.615. The molecule has 3 N–H and O–H groups in total. The number of H-pyrrole nitrogens is 1. The van der Waals surface area contributed by atoms with Crippen LogP contribution >= 0.6 is 0 Å². The molecule has 1 aromatic heterocycles. The van der Waals surface area contributed by atoms with Crippen LogP contribution in [-0.4, -0.2) is 46.6 Å². The van der Waals surface area contributed by atoms with Gasteiger partial charge in [-0.25, -0.2) is 4.98 Å². The highest BCUT2D eigenvalue weighted by atomic mass is 16.5. The average Bonchev–Trinajstić information content (AvgIpc) is 3.02. The minimum Gasteiger partial charge on any atom is -0.376 e. The fourth-order valence-corrected chi connectivity index (χ4v) is 3.10. The van der Waals surface area contributed by atoms with Gasteiger partial charge in [-0.15, -0.1) is 0 Å². The van der Waals surface area contributed by atoms with Crippen LogP contribution in [0.2, 0.25) is 0 Å². The van der Waals surface area contributed by atoms with Crippen molar-refractivity contribution in [3.05, 3.63) is 18.2 Å². The molecule has 2 heterocycles. The Labute approximate surface area is 116 Å². The second-order valence-electron chi connectivity index (χ2n) is 5.36. The second-order valence-corrected chi connectivity index (χ2v) is 5.36. The van der Waals surface area contributed by atoms with E-state index in [9.17, 15) is 9.59 Å². The monoisotopic (exact) mass is 278 g/mol. The Balaban J connectivity index is 1.60. The summed E-state index contributed by atoms with van der Waals surface area (Å²) in [7, 11) is 0. The Hall–Kier alpha value is -1.89. The molecule has 2 fully saturated rings. The van der Waals surface area contributed by atoms with Crippen molar-refractivity contribution in [1.82, 2.24) is 20.6 Å². The lowest BCUT2D eigenvalue weighted by atomic mass is 9.71. The van der Waals surface area contributed by atoms with E-state index in [1.807, 2.05) is 0 Å². The van der Waals surface area contributed by atoms with E-state index in [0.29, 0.717) is 12.5 Å². The zero-order valence-corrected chi connectivity index (χ0v) is 11.3. The number of rotatable bonds is 4. The number of ether oxygens (including phenoxy) is 1. The molecule has 0 radical (unpaired) electrons. The van der Waals surface area contributed by atoms with E-state index >= 15 is 0 Å². The van der Waals surface area contributed by atoms with Gasteiger partial charge in [0.15, 0.2) is 0 Å². The van der Waals surface area contributed by atoms with E-state index in [0.717, 1.165) is 12.1 Å². The van der Waals surface area contributed by atoms with E-state index in [4.69, 9.17) is 4.74 Å². The van der Waals surface area contributed by atoms with E-state index in [2.05, 4.69) is 20.6 Å². The largest absolute Gasteiger partial charge is 0.376 e. The highest BCUT2D eigenvalue weighted by Gasteiger charge is 2.54. The molecule has 2 amide bonds. The molecule has 0 bridgehead atoms. The first kappa shape index (κ1) is 13.1. The van der Waals surface area contributed by atoms with Gasteiger partial charge in [-0.1, -0.05) is 0 Å². The number of nitrogens with zero attached hydrogens (tertiary/aromatic N) is 1. The third-order valence-corrected chi connectivity index (χ3v) is 3.99. The summed E-state index contributed by atoms with van der Waals surface area (Å²) in [5.41, 5.74) is 0.775. The van der Waals surface area contributed by atoms with Crippen LogP contribution in [0.3, 0.4) is 0 Å². The molecule has 20 heavy (non-hydrogen) atoms. The second kappa shape index (κ2) is 5.24. The highest BCUT2D eigenvalue weighted by molar-refractivity contribution is 5.79. The van der Waals surface area contributed by atoms with E-state index in [1.165, 1.54) is 6.92 Å². The normalized spacial score (nSPS) is 31.2. The summed E-state index contributed by atoms with van der Waals surface area (Å²) in [5, 5.41) is 5.87. The van der Waals surface area contributed by atoms with Crippen LogP contribution in [0, 0.1) is 5.92 Å². The number of hydrogen-bond acceptors (Lipinski definition) is 4. The Morgan fingerprint density at radius 3 is 3.00 bits per heavy atom. The maximum absolute atomic E-state index is 12.0. The standard InChI is InChI=1S/C13H18N4O3/c1-7(18)16-12-11(9-2-3-20-13(9)12)17-10(19)4-8-5-14-6-15-8/h5-6,9,11-13H,2-4H2,1H3,(H,14,15)(H,16,18)(H,17,19)/t9-,11+,12-,13-/m1/s1. The van der Waals surface area contributed by atoms with Crippen LogP contribution in [0.25, 0.3) is 0 Å². The summed E-state index contributed by atoms with van der Waals surface area (Å²) in [6.45, 7) is 2.17. The van der Waals surface area contributed by atoms with Crippen molar-refractivity contribution in [3.63, 3.8) is 0 Å². The zero-order chi connectivity index (χ0) is 14.1. The lowest BCUT2D eigenvalue weighted by Crippen LogP contribution is -2.70. The number of imidazole rings is 1. The molecule has 7 nitrogen and oxygen atoms in total. The van der Waals surface area contributed by atoms with Crippen LogP contribution in [0.15, 0.2) is 12.5 Å². The third-order valence-electron chi connectivity index (χ3n) is 3.99. The van der Waals surface area contributed by atoms with Gasteiger partial charge in [0.2, 0.25) is 11.8 Å². The summed E-state index contributed by atoms with van der Waals surface area (Å²) < 4.78 is 5.60. The molecule has 0 aromatic carbocycles. The van der Waals surface area contributed by atoms with Gasteiger partial charge in [-0.05, 0) is 6.42 Å². The lowest BCUT2D eigenvalue weighted by molar-refractivity contribution is -0.129. The first-order chi connectivity index (χ1) is 9.65. The number of aromatic amines is 1. The summed E-state index contributed by atoms with van der Waals surface area (Å²) in [4.78, 5) is 30.0. The molecule has 0 spiro atoms. The topological polar surface area (TPSA) is 96.1 Å². The Bertz CT molecular complexity index is 502. The fourth-order valence-electron chi connectivity index (χ4n) is 3.10. The highest BCUT2D eigenvalue weighted by Crippen LogP contribution is 2.39. The van der Waals surface area contributed by atoms with Gasteiger partial charge < -0.3 is 20.4 Å². The molecule has 1 saturated carbocycles. The van der Waals surface area contributed by atoms with Crippen molar-refractivity contribution in [2.75, 3.05) is 6.61 Å². The molecule has 108 valence electrons. The number of carbonyl (C=O) groups excluding carboxylic acids is 2. The van der Waals surface area contributed by atoms with Gasteiger partial charge >= 0.3 is 0 Å². The smallest absolute Gasteiger partial charge is 0.226 e. The quantitative estimate of drug-likeness (QED) is 0.682. The molecule has 2 aliphatic rings. The number of aromatic nitrogens is 2. The van der Waals surface area contributed by atoms with Crippen LogP contribution < -0.4 is 10.6 Å². The van der Waals surface area contributed by atoms with Crippen LogP contribution in [0.5, 0.6) is 0 Å². The maximum atomic E-state index is 12.0. The summed E-state index contributed by atoms with van der Waals surface area (Å²) in [6, 6.07) is -0.160. The molecular weight excluding hydrogens is 260 g/mol. The molecule has 1 aromatic rings. The van der Waals surface area contributed by atoms with Crippen molar-refractivity contribution in [2.45, 2.75) is 38.0 Å². The number of nitrogens with one attached hydrogen (secondary N) is 3. The summed E-state index contributed by atoms with van der Waals surface area (Å²) >= 11 is 0. The Morgan fingerprint density at radius 2 is 2.30 bits per heavy atom. The molecule has 4 atom stereocenters. The Morgan fingerprint density at radius 1 is 1.45 bits per heavy atom. The van der Waals surface area contributed by atoms with Crippen LogP contribution in [-0.2, 0) is 20.7 Å². The molecule has 1 aliphatic carbocycles. The molecule has 7 heteroatoms. The van der Waals surface area contributed by atoms with E-state index < -0.39 is 0 Å². The van der Waals surface area contributed by atoms with Gasteiger partial charge in [0.1, 0.15) is 0 Å². The molecule has 1 aliphatic heterocycles. The van der Waals surface area contributed by atoms with E-state index in [1.54, 1.807) is 12.5 Å². The summed E-state index contributed by atoms with van der Waals surface area (Å²) in [6.07, 6.45) is 4.41. The maximum Gasteiger partial charge on any atom is 0.226 e. The summed E-state index contributed by atoms with van der Waals surface area (Å²) in [5.74, 6) is 0.134. The Kier molecular flexibility index (Phi) is 3.43. The number of amides is 2. The molecule has 1 saturated heterocycles. The average molecular weight is 278 g/mol. The van der Waals surface area contributed by atoms with Gasteiger partial charge in [-0.2, -0.15) is 0 Å². The first-order valence-corrected chi connectivity index (χ1v) is 6.80. The zero-order valence-electron chi connectivity index (χ0n) is 11.3. The van der Waals surface area contributed by atoms with Crippen molar-refractivity contribution in [1.29, 1.82) is 0 Å². The molecule has 3 rings (SSSR count).